The SMILES string of the molecule is C=CCOc1c2c(c(C)c3ccccc13)C(=O)C1C(=O)C3(O)C(=O)c4c(C)noc4C(N(C)C)C3CC1C2. The van der Waals surface area contributed by atoms with Gasteiger partial charge in [0.25, 0.3) is 0 Å². The minimum atomic E-state index is -2.33. The summed E-state index contributed by atoms with van der Waals surface area (Å²) in [4.78, 5) is 44.0. The molecule has 6 rings (SSSR count). The summed E-state index contributed by atoms with van der Waals surface area (Å²) in [5.41, 5.74) is 0.121. The van der Waals surface area contributed by atoms with Crippen molar-refractivity contribution in [2.45, 2.75) is 38.3 Å². The molecule has 1 heterocycles. The molecule has 5 unspecified atom stereocenters. The first-order valence-corrected chi connectivity index (χ1v) is 12.9. The molecule has 1 saturated carbocycles. The van der Waals surface area contributed by atoms with Gasteiger partial charge in [-0.3, -0.25) is 19.3 Å². The van der Waals surface area contributed by atoms with Gasteiger partial charge in [-0.05, 0) is 57.7 Å². The van der Waals surface area contributed by atoms with Gasteiger partial charge in [0.15, 0.2) is 22.9 Å². The van der Waals surface area contributed by atoms with E-state index in [0.717, 1.165) is 21.9 Å². The predicted molar refractivity (Wildman–Crippen MR) is 139 cm³/mol. The summed E-state index contributed by atoms with van der Waals surface area (Å²) in [6, 6.07) is 7.18. The number of fused-ring (bicyclic) bond motifs is 5. The van der Waals surface area contributed by atoms with Crippen LogP contribution in [-0.2, 0) is 11.2 Å². The second kappa shape index (κ2) is 8.44. The van der Waals surface area contributed by atoms with Gasteiger partial charge in [-0.15, -0.1) is 0 Å². The Hall–Kier alpha value is -3.62. The summed E-state index contributed by atoms with van der Waals surface area (Å²) in [6.07, 6.45) is 2.36. The lowest BCUT2D eigenvalue weighted by Crippen LogP contribution is -2.66. The van der Waals surface area contributed by atoms with E-state index in [1.807, 2.05) is 50.2 Å². The Labute approximate surface area is 220 Å². The van der Waals surface area contributed by atoms with Gasteiger partial charge >= 0.3 is 0 Å². The number of hydrogen-bond donors (Lipinski definition) is 1. The first kappa shape index (κ1) is 24.7. The number of rotatable bonds is 4. The van der Waals surface area contributed by atoms with Crippen molar-refractivity contribution in [1.82, 2.24) is 10.1 Å². The molecule has 8 nitrogen and oxygen atoms in total. The predicted octanol–water partition coefficient (Wildman–Crippen LogP) is 3.80. The maximum absolute atomic E-state index is 14.2. The first-order valence-electron chi connectivity index (χ1n) is 12.9. The molecule has 1 aromatic heterocycles. The Morgan fingerprint density at radius 3 is 2.58 bits per heavy atom. The van der Waals surface area contributed by atoms with Crippen LogP contribution >= 0.6 is 0 Å². The number of nitrogens with zero attached hydrogens (tertiary/aromatic N) is 2. The fraction of sp³-hybridized carbons (Fsp3) is 0.400. The highest BCUT2D eigenvalue weighted by molar-refractivity contribution is 6.27. The molecule has 0 bridgehead atoms. The van der Waals surface area contributed by atoms with E-state index in [0.29, 0.717) is 35.6 Å². The molecule has 3 aromatic rings. The molecule has 0 spiro atoms. The van der Waals surface area contributed by atoms with Crippen molar-refractivity contribution in [2.24, 2.45) is 17.8 Å². The smallest absolute Gasteiger partial charge is 0.207 e. The van der Waals surface area contributed by atoms with Gasteiger partial charge in [-0.1, -0.05) is 42.1 Å². The molecule has 0 aliphatic heterocycles. The number of carbonyl (C=O) groups is 3. The largest absolute Gasteiger partial charge is 0.489 e. The Morgan fingerprint density at radius 1 is 1.18 bits per heavy atom. The van der Waals surface area contributed by atoms with Crippen LogP contribution < -0.4 is 4.74 Å². The van der Waals surface area contributed by atoms with Crippen LogP contribution in [0, 0.1) is 31.6 Å². The highest BCUT2D eigenvalue weighted by Crippen LogP contribution is 2.55. The molecule has 5 atom stereocenters. The second-order valence-corrected chi connectivity index (χ2v) is 11.0. The molecule has 3 aliphatic rings. The molecular weight excluding hydrogens is 484 g/mol. The maximum atomic E-state index is 14.2. The lowest BCUT2D eigenvalue weighted by atomic mass is 9.53. The summed E-state index contributed by atoms with van der Waals surface area (Å²) in [6.45, 7) is 7.53. The normalized spacial score (nSPS) is 28.1. The van der Waals surface area contributed by atoms with Crippen LogP contribution in [0.15, 0.2) is 41.4 Å². The molecule has 3 aliphatic carbocycles. The monoisotopic (exact) mass is 514 g/mol. The number of carbonyl (C=O) groups excluding carboxylic acids is 3. The third-order valence-electron chi connectivity index (χ3n) is 8.76. The standard InChI is InChI=1S/C30H30N2O6/c1-6-11-37-26-18-10-8-7-9-17(18)14(2)21-19(26)12-16-13-20-24(32(4)5)27-22(15(3)31-38-27)28(34)30(20,36)29(35)23(16)25(21)33/h6-10,16,20,23-24,36H,1,11-13H2,2-5H3. The number of benzene rings is 2. The van der Waals surface area contributed by atoms with E-state index in [2.05, 4.69) is 11.7 Å². The van der Waals surface area contributed by atoms with Crippen molar-refractivity contribution in [3.63, 3.8) is 0 Å². The lowest BCUT2D eigenvalue weighted by Gasteiger charge is -2.51. The number of ketones is 3. The van der Waals surface area contributed by atoms with Gasteiger partial charge < -0.3 is 14.4 Å². The molecular formula is C30H30N2O6. The first-order chi connectivity index (χ1) is 18.1. The Kier molecular flexibility index (Phi) is 5.49. The quantitative estimate of drug-likeness (QED) is 0.414. The fourth-order valence-electron chi connectivity index (χ4n) is 7.17. The van der Waals surface area contributed by atoms with Crippen LogP contribution in [0.2, 0.25) is 0 Å². The lowest BCUT2D eigenvalue weighted by molar-refractivity contribution is -0.153. The van der Waals surface area contributed by atoms with Crippen LogP contribution in [0.3, 0.4) is 0 Å². The van der Waals surface area contributed by atoms with Gasteiger partial charge in [-0.2, -0.15) is 0 Å². The van der Waals surface area contributed by atoms with Crippen molar-refractivity contribution < 1.29 is 28.8 Å². The van der Waals surface area contributed by atoms with E-state index >= 15 is 0 Å². The van der Waals surface area contributed by atoms with Crippen molar-refractivity contribution in [3.05, 3.63) is 70.6 Å². The number of Topliss-reactive ketones (excluding diaryl/α,β-unsaturated/α-hetero) is 3. The Morgan fingerprint density at radius 2 is 1.89 bits per heavy atom. The molecule has 2 aromatic carbocycles. The van der Waals surface area contributed by atoms with Crippen LogP contribution in [0.4, 0.5) is 0 Å². The van der Waals surface area contributed by atoms with Crippen LogP contribution in [-0.4, -0.2) is 58.8 Å². The maximum Gasteiger partial charge on any atom is 0.207 e. The van der Waals surface area contributed by atoms with Gasteiger partial charge in [0.2, 0.25) is 5.78 Å². The molecule has 0 saturated heterocycles. The summed E-state index contributed by atoms with van der Waals surface area (Å²) in [7, 11) is 3.63. The van der Waals surface area contributed by atoms with Crippen LogP contribution in [0.5, 0.6) is 5.75 Å². The van der Waals surface area contributed by atoms with Gasteiger partial charge in [-0.25, -0.2) is 0 Å². The molecule has 8 heteroatoms. The summed E-state index contributed by atoms with van der Waals surface area (Å²) >= 11 is 0. The molecule has 196 valence electrons. The van der Waals surface area contributed by atoms with E-state index in [9.17, 15) is 19.5 Å². The number of aryl methyl sites for hydroxylation is 2. The third kappa shape index (κ3) is 3.04. The zero-order chi connectivity index (χ0) is 27.1. The average Bonchev–Trinajstić information content (AvgIpc) is 3.26. The molecule has 38 heavy (non-hydrogen) atoms. The highest BCUT2D eigenvalue weighted by Gasteiger charge is 2.67. The Balaban J connectivity index is 1.55. The Bertz CT molecular complexity index is 1550. The minimum Gasteiger partial charge on any atom is -0.489 e. The van der Waals surface area contributed by atoms with Gasteiger partial charge in [0.1, 0.15) is 12.4 Å². The van der Waals surface area contributed by atoms with E-state index in [1.54, 1.807) is 13.0 Å². The molecule has 0 amide bonds. The van der Waals surface area contributed by atoms with E-state index < -0.39 is 41.0 Å². The average molecular weight is 515 g/mol. The minimum absolute atomic E-state index is 0.139. The number of ether oxygens (including phenoxy) is 1. The molecule has 0 radical (unpaired) electrons. The summed E-state index contributed by atoms with van der Waals surface area (Å²) in [5.74, 6) is -3.13. The van der Waals surface area contributed by atoms with E-state index in [4.69, 9.17) is 9.26 Å². The zero-order valence-corrected chi connectivity index (χ0v) is 21.9. The van der Waals surface area contributed by atoms with Crippen LogP contribution in [0.1, 0.15) is 55.8 Å². The second-order valence-electron chi connectivity index (χ2n) is 11.0. The van der Waals surface area contributed by atoms with E-state index in [1.165, 1.54) is 0 Å². The van der Waals surface area contributed by atoms with Crippen LogP contribution in [0.25, 0.3) is 10.8 Å². The topological polar surface area (TPSA) is 110 Å². The fourth-order valence-corrected chi connectivity index (χ4v) is 7.17. The molecule has 1 fully saturated rings. The van der Waals surface area contributed by atoms with Gasteiger partial charge in [0, 0.05) is 22.4 Å². The molecule has 1 N–H and O–H groups in total. The third-order valence-corrected chi connectivity index (χ3v) is 8.76. The van der Waals surface area contributed by atoms with Crippen molar-refractivity contribution in [3.8, 4) is 5.75 Å². The summed E-state index contributed by atoms with van der Waals surface area (Å²) in [5, 5.41) is 17.7. The number of aliphatic hydroxyl groups is 1. The van der Waals surface area contributed by atoms with E-state index in [-0.39, 0.29) is 18.0 Å². The number of hydrogen-bond acceptors (Lipinski definition) is 8. The highest BCUT2D eigenvalue weighted by atomic mass is 16.5. The number of aromatic nitrogens is 1. The van der Waals surface area contributed by atoms with Crippen molar-refractivity contribution >= 4 is 28.1 Å². The zero-order valence-electron chi connectivity index (χ0n) is 21.9. The van der Waals surface area contributed by atoms with Gasteiger partial charge in [0.05, 0.1) is 23.2 Å². The summed E-state index contributed by atoms with van der Waals surface area (Å²) < 4.78 is 11.7. The van der Waals surface area contributed by atoms with Crippen molar-refractivity contribution in [1.29, 1.82) is 0 Å². The van der Waals surface area contributed by atoms with Crippen molar-refractivity contribution in [2.75, 3.05) is 20.7 Å².